The molecule has 0 aliphatic carbocycles. The third-order valence-electron chi connectivity index (χ3n) is 4.86. The molecular weight excluding hydrogens is 699 g/mol. The van der Waals surface area contributed by atoms with Crippen molar-refractivity contribution in [2.75, 3.05) is 0 Å². The molecule has 1 aromatic heterocycles. The Balaban J connectivity index is 4.00. The zero-order valence-electron chi connectivity index (χ0n) is 18.3. The fraction of sp³-hybridized carbons (Fsp3) is 0.733. The minimum absolute atomic E-state index is 1.03. The van der Waals surface area contributed by atoms with Crippen LogP contribution in [0.15, 0.2) is 6.07 Å². The van der Waals surface area contributed by atoms with E-state index in [1.165, 1.54) is 0 Å². The highest BCUT2D eigenvalue weighted by molar-refractivity contribution is 5.87. The van der Waals surface area contributed by atoms with Gasteiger partial charge in [0, 0.05) is 0 Å². The Hall–Kier alpha value is -2.87. The summed E-state index contributed by atoms with van der Waals surface area (Å²) in [6, 6.07) is -2.09. The molecule has 28 heteroatoms. The van der Waals surface area contributed by atoms with E-state index in [4.69, 9.17) is 0 Å². The number of rotatable bonds is 8. The summed E-state index contributed by atoms with van der Waals surface area (Å²) < 4.78 is 324. The van der Waals surface area contributed by atoms with Gasteiger partial charge in [-0.2, -0.15) is 120 Å². The van der Waals surface area contributed by atoms with Crippen LogP contribution in [-0.4, -0.2) is 69.5 Å². The molecule has 1 aromatic rings. The molecule has 0 saturated heterocycles. The van der Waals surface area contributed by atoms with Crippen LogP contribution in [0.5, 0.6) is 0 Å². The van der Waals surface area contributed by atoms with Gasteiger partial charge in [0.2, 0.25) is 0 Å². The number of carbonyl (C=O) groups excluding carboxylic acids is 1. The first-order valence-corrected chi connectivity index (χ1v) is 9.13. The van der Waals surface area contributed by atoms with E-state index in [2.05, 4.69) is 0 Å². The Morgan fingerprint density at radius 1 is 0.488 bits per heavy atom. The molecule has 0 unspecified atom stereocenters. The summed E-state index contributed by atoms with van der Waals surface area (Å²) in [5, 5.41) is 1.03. The molecular formula is C15HF25N2O. The maximum absolute atomic E-state index is 14.1. The normalized spacial score (nSPS) is 16.1. The van der Waals surface area contributed by atoms with Crippen LogP contribution in [0.4, 0.5) is 110 Å². The zero-order valence-corrected chi connectivity index (χ0v) is 18.3. The molecule has 0 bridgehead atoms. The van der Waals surface area contributed by atoms with Crippen molar-refractivity contribution in [1.29, 1.82) is 0 Å². The van der Waals surface area contributed by atoms with Crippen LogP contribution in [0.1, 0.15) is 16.2 Å². The van der Waals surface area contributed by atoms with Gasteiger partial charge in [-0.05, 0) is 6.07 Å². The standard InChI is InChI=1S/C15HF25N2O/c16-5(17,8(23,24)10(27,28)11(29,30)13(33,34)15(38,39)40)2-1-3(7(20,21)22)42(41-2)4(43)6(18,19)9(25,26)12(31,32)14(35,36)37/h1H. The van der Waals surface area contributed by atoms with Gasteiger partial charge in [-0.3, -0.25) is 4.79 Å². The van der Waals surface area contributed by atoms with E-state index in [0.29, 0.717) is 0 Å². The lowest BCUT2D eigenvalue weighted by Gasteiger charge is -2.39. The second-order valence-electron chi connectivity index (χ2n) is 7.72. The number of nitrogens with zero attached hydrogens (tertiary/aromatic N) is 2. The van der Waals surface area contributed by atoms with Gasteiger partial charge >= 0.3 is 71.8 Å². The van der Waals surface area contributed by atoms with Gasteiger partial charge in [0.1, 0.15) is 5.69 Å². The molecule has 252 valence electrons. The van der Waals surface area contributed by atoms with E-state index in [9.17, 15) is 115 Å². The van der Waals surface area contributed by atoms with Crippen LogP contribution in [0, 0.1) is 0 Å². The summed E-state index contributed by atoms with van der Waals surface area (Å²) in [7, 11) is 0. The van der Waals surface area contributed by atoms with Gasteiger partial charge in [-0.1, -0.05) is 0 Å². The van der Waals surface area contributed by atoms with Crippen molar-refractivity contribution in [3.8, 4) is 0 Å². The Labute approximate surface area is 215 Å². The summed E-state index contributed by atoms with van der Waals surface area (Å²) in [4.78, 5) is 11.5. The van der Waals surface area contributed by atoms with E-state index >= 15 is 0 Å². The van der Waals surface area contributed by atoms with Crippen molar-refractivity contribution in [2.45, 2.75) is 65.9 Å². The molecule has 0 radical (unpaired) electrons. The van der Waals surface area contributed by atoms with Crippen molar-refractivity contribution < 1.29 is 115 Å². The first-order chi connectivity index (χ1) is 18.2. The molecule has 0 amide bonds. The average molecular weight is 700 g/mol. The molecule has 0 aromatic carbocycles. The summed E-state index contributed by atoms with van der Waals surface area (Å²) >= 11 is 0. The van der Waals surface area contributed by atoms with Crippen molar-refractivity contribution in [3.05, 3.63) is 17.5 Å². The van der Waals surface area contributed by atoms with Gasteiger partial charge in [0.15, 0.2) is 5.69 Å². The van der Waals surface area contributed by atoms with Crippen LogP contribution in [0.2, 0.25) is 0 Å². The third kappa shape index (κ3) is 5.07. The molecule has 1 heterocycles. The van der Waals surface area contributed by atoms with Crippen LogP contribution < -0.4 is 0 Å². The van der Waals surface area contributed by atoms with E-state index in [0.717, 1.165) is 5.10 Å². The number of hydrogen-bond acceptors (Lipinski definition) is 2. The fourth-order valence-corrected chi connectivity index (χ4v) is 2.46. The molecule has 0 aliphatic rings. The van der Waals surface area contributed by atoms with Crippen molar-refractivity contribution in [2.24, 2.45) is 0 Å². The lowest BCUT2D eigenvalue weighted by molar-refractivity contribution is -0.442. The van der Waals surface area contributed by atoms with E-state index in [-0.39, 0.29) is 0 Å². The van der Waals surface area contributed by atoms with E-state index < -0.39 is 94.0 Å². The van der Waals surface area contributed by atoms with E-state index in [1.54, 1.807) is 0 Å². The Kier molecular flexibility index (Phi) is 8.49. The minimum Gasteiger partial charge on any atom is -0.265 e. The lowest BCUT2D eigenvalue weighted by atomic mass is 9.92. The fourth-order valence-electron chi connectivity index (χ4n) is 2.46. The quantitative estimate of drug-likeness (QED) is 0.257. The van der Waals surface area contributed by atoms with Gasteiger partial charge in [0.05, 0.1) is 0 Å². The average Bonchev–Trinajstić information content (AvgIpc) is 3.23. The first kappa shape index (κ1) is 38.2. The third-order valence-corrected chi connectivity index (χ3v) is 4.86. The Morgan fingerprint density at radius 2 is 0.814 bits per heavy atom. The summed E-state index contributed by atoms with van der Waals surface area (Å²) in [6.45, 7) is 0. The summed E-state index contributed by atoms with van der Waals surface area (Å²) in [6.07, 6.45) is -22.7. The molecule has 1 rings (SSSR count). The van der Waals surface area contributed by atoms with Gasteiger partial charge < -0.3 is 0 Å². The number of alkyl halides is 25. The molecule has 0 fully saturated rings. The largest absolute Gasteiger partial charge is 0.460 e. The predicted molar refractivity (Wildman–Crippen MR) is 78.5 cm³/mol. The maximum atomic E-state index is 14.1. The highest BCUT2D eigenvalue weighted by Gasteiger charge is 2.91. The van der Waals surface area contributed by atoms with Gasteiger partial charge in [0.25, 0.3) is 0 Å². The van der Waals surface area contributed by atoms with Crippen molar-refractivity contribution >= 4 is 5.91 Å². The molecule has 0 N–H and O–H groups in total. The number of hydrogen-bond donors (Lipinski definition) is 0. The second-order valence-corrected chi connectivity index (χ2v) is 7.72. The number of aromatic nitrogens is 2. The highest BCUT2D eigenvalue weighted by atomic mass is 19.4. The summed E-state index contributed by atoms with van der Waals surface area (Å²) in [5.41, 5.74) is -8.06. The SMILES string of the molecule is O=C(n1nc(C(F)(F)C(F)(F)C(F)(F)C(F)(F)C(F)(F)C(F)(F)F)cc1C(F)(F)F)C(F)(F)C(F)(F)C(F)(F)C(F)(F)F. The molecule has 0 atom stereocenters. The van der Waals surface area contributed by atoms with Gasteiger partial charge in [-0.15, -0.1) is 0 Å². The second kappa shape index (κ2) is 9.56. The van der Waals surface area contributed by atoms with Crippen molar-refractivity contribution in [1.82, 2.24) is 9.78 Å². The monoisotopic (exact) mass is 700 g/mol. The first-order valence-electron chi connectivity index (χ1n) is 9.13. The van der Waals surface area contributed by atoms with Crippen molar-refractivity contribution in [3.63, 3.8) is 0 Å². The Bertz CT molecular complexity index is 1210. The van der Waals surface area contributed by atoms with Gasteiger partial charge in [-0.25, -0.2) is 0 Å². The highest BCUT2D eigenvalue weighted by Crippen LogP contribution is 2.62. The minimum atomic E-state index is -8.75. The predicted octanol–water partition coefficient (Wildman–Crippen LogP) is 8.21. The van der Waals surface area contributed by atoms with Crippen LogP contribution in [0.25, 0.3) is 0 Å². The lowest BCUT2D eigenvalue weighted by Crippen LogP contribution is -2.69. The Morgan fingerprint density at radius 3 is 1.14 bits per heavy atom. The maximum Gasteiger partial charge on any atom is 0.460 e. The smallest absolute Gasteiger partial charge is 0.265 e. The van der Waals surface area contributed by atoms with Crippen LogP contribution in [0.3, 0.4) is 0 Å². The molecule has 0 aliphatic heterocycles. The van der Waals surface area contributed by atoms with Crippen LogP contribution in [-0.2, 0) is 12.1 Å². The molecule has 43 heavy (non-hydrogen) atoms. The molecule has 0 saturated carbocycles. The zero-order chi connectivity index (χ0) is 35.2. The number of halogens is 25. The number of carbonyl (C=O) groups is 1. The van der Waals surface area contributed by atoms with Crippen LogP contribution >= 0.6 is 0 Å². The molecule has 3 nitrogen and oxygen atoms in total. The topological polar surface area (TPSA) is 34.9 Å². The molecule has 0 spiro atoms. The summed E-state index contributed by atoms with van der Waals surface area (Å²) in [5.74, 6) is -71.3. The van der Waals surface area contributed by atoms with E-state index in [1.807, 2.05) is 0 Å².